The molecule has 3 aliphatic rings. The second kappa shape index (κ2) is 9.96. The highest BCUT2D eigenvalue weighted by atomic mass is 28.3. The molecule has 0 saturated carbocycles. The topological polar surface area (TPSA) is 6.48 Å². The molecule has 7 aromatic rings. The van der Waals surface area contributed by atoms with Crippen LogP contribution in [0.4, 0.5) is 34.1 Å². The van der Waals surface area contributed by atoms with Crippen LogP contribution >= 0.6 is 0 Å². The van der Waals surface area contributed by atoms with Crippen LogP contribution in [0.5, 0.6) is 0 Å². The molecule has 1 unspecified atom stereocenters. The molecule has 2 nitrogen and oxygen atoms in total. The van der Waals surface area contributed by atoms with Gasteiger partial charge in [-0.1, -0.05) is 138 Å². The van der Waals surface area contributed by atoms with Crippen molar-refractivity contribution in [2.75, 3.05) is 9.80 Å². The molecule has 0 amide bonds. The van der Waals surface area contributed by atoms with Crippen molar-refractivity contribution in [3.63, 3.8) is 0 Å². The van der Waals surface area contributed by atoms with Crippen LogP contribution < -0.4 is 41.7 Å². The first-order valence-electron chi connectivity index (χ1n) is 16.5. The molecule has 47 heavy (non-hydrogen) atoms. The Morgan fingerprint density at radius 1 is 0.383 bits per heavy atom. The number of rotatable bonds is 4. The van der Waals surface area contributed by atoms with Crippen LogP contribution in [0.1, 0.15) is 0 Å². The van der Waals surface area contributed by atoms with E-state index in [0.29, 0.717) is 0 Å². The fourth-order valence-electron chi connectivity index (χ4n) is 8.69. The maximum absolute atomic E-state index is 2.58. The average molecular weight is 615 g/mol. The SMILES string of the molecule is C[Si]1(c2ccccc2)c2cccc3c2B2c4c(cccc4N(c4ccc(-c5ccccc5)cc4)c4cccc1c42)N3c1ccccc1. The summed E-state index contributed by atoms with van der Waals surface area (Å²) in [6.45, 7) is 2.74. The van der Waals surface area contributed by atoms with E-state index in [1.807, 2.05) is 0 Å². The monoisotopic (exact) mass is 614 g/mol. The summed E-state index contributed by atoms with van der Waals surface area (Å²) in [5.74, 6) is 0. The lowest BCUT2D eigenvalue weighted by atomic mass is 9.33. The minimum atomic E-state index is -2.40. The molecule has 0 N–H and O–H groups in total. The van der Waals surface area contributed by atoms with Gasteiger partial charge in [-0.15, -0.1) is 0 Å². The Balaban J connectivity index is 1.30. The first-order chi connectivity index (χ1) is 23.2. The van der Waals surface area contributed by atoms with Crippen molar-refractivity contribution in [3.8, 4) is 11.1 Å². The zero-order chi connectivity index (χ0) is 31.1. The molecular weight excluding hydrogens is 583 g/mol. The highest BCUT2D eigenvalue weighted by molar-refractivity contribution is 7.21. The first-order valence-corrected chi connectivity index (χ1v) is 19.0. The van der Waals surface area contributed by atoms with Crippen LogP contribution in [0.15, 0.2) is 170 Å². The van der Waals surface area contributed by atoms with Gasteiger partial charge in [0.25, 0.3) is 6.71 Å². The predicted molar refractivity (Wildman–Crippen MR) is 203 cm³/mol. The summed E-state index contributed by atoms with van der Waals surface area (Å²) in [5, 5.41) is 4.50. The van der Waals surface area contributed by atoms with Crippen LogP contribution in [-0.2, 0) is 0 Å². The standard InChI is InChI=1S/C43H31BN2Si/c1-47(34-18-9-4-10-19-34)39-24-12-22-37-42(39)44-41-35(45(37)32-16-7-3-8-17-32)20-11-21-36(41)46(38-23-13-25-40(47)43(38)44)33-28-26-31(27-29-33)30-14-5-2-6-15-30/h2-29H,1H3. The van der Waals surface area contributed by atoms with Gasteiger partial charge < -0.3 is 9.80 Å². The van der Waals surface area contributed by atoms with E-state index >= 15 is 0 Å². The van der Waals surface area contributed by atoms with Gasteiger partial charge in [0.1, 0.15) is 8.07 Å². The largest absolute Gasteiger partial charge is 0.311 e. The Morgan fingerprint density at radius 2 is 0.809 bits per heavy atom. The van der Waals surface area contributed by atoms with E-state index in [1.165, 1.54) is 77.2 Å². The Bertz CT molecular complexity index is 2320. The van der Waals surface area contributed by atoms with E-state index < -0.39 is 8.07 Å². The lowest BCUT2D eigenvalue weighted by Gasteiger charge is -2.50. The highest BCUT2D eigenvalue weighted by Gasteiger charge is 2.53. The molecular formula is C43H31BN2Si. The van der Waals surface area contributed by atoms with Crippen molar-refractivity contribution in [1.29, 1.82) is 0 Å². The van der Waals surface area contributed by atoms with E-state index in [9.17, 15) is 0 Å². The number of anilines is 6. The molecule has 0 fully saturated rings. The fraction of sp³-hybridized carbons (Fsp3) is 0.0233. The van der Waals surface area contributed by atoms with Gasteiger partial charge in [0.2, 0.25) is 0 Å². The van der Waals surface area contributed by atoms with Gasteiger partial charge in [0.15, 0.2) is 0 Å². The molecule has 1 atom stereocenters. The molecule has 4 heteroatoms. The number of hydrogen-bond donors (Lipinski definition) is 0. The van der Waals surface area contributed by atoms with Crippen molar-refractivity contribution < 1.29 is 0 Å². The molecule has 10 rings (SSSR count). The van der Waals surface area contributed by atoms with E-state index in [-0.39, 0.29) is 6.71 Å². The van der Waals surface area contributed by atoms with Crippen LogP contribution in [0.25, 0.3) is 11.1 Å². The summed E-state index contributed by atoms with van der Waals surface area (Å²) in [7, 11) is -2.40. The van der Waals surface area contributed by atoms with Gasteiger partial charge in [-0.3, -0.25) is 0 Å². The zero-order valence-electron chi connectivity index (χ0n) is 26.1. The molecule has 0 aromatic heterocycles. The third kappa shape index (κ3) is 3.62. The second-order valence-corrected chi connectivity index (χ2v) is 16.9. The lowest BCUT2D eigenvalue weighted by molar-refractivity contribution is 1.25. The molecule has 0 saturated heterocycles. The van der Waals surface area contributed by atoms with Crippen LogP contribution in [0, 0.1) is 0 Å². The summed E-state index contributed by atoms with van der Waals surface area (Å²) >= 11 is 0. The Hall–Kier alpha value is -5.58. The van der Waals surface area contributed by atoms with Gasteiger partial charge >= 0.3 is 0 Å². The molecule has 220 valence electrons. The van der Waals surface area contributed by atoms with Crippen LogP contribution in [0.2, 0.25) is 6.55 Å². The maximum Gasteiger partial charge on any atom is 0.251 e. The highest BCUT2D eigenvalue weighted by Crippen LogP contribution is 2.44. The van der Waals surface area contributed by atoms with Crippen molar-refractivity contribution in [2.45, 2.75) is 6.55 Å². The molecule has 7 aromatic carbocycles. The number of para-hydroxylation sites is 1. The zero-order valence-corrected chi connectivity index (χ0v) is 27.1. The molecule has 3 aliphatic heterocycles. The molecule has 3 heterocycles. The van der Waals surface area contributed by atoms with Gasteiger partial charge in [-0.2, -0.15) is 0 Å². The van der Waals surface area contributed by atoms with E-state index in [2.05, 4.69) is 186 Å². The van der Waals surface area contributed by atoms with E-state index in [0.717, 1.165) is 0 Å². The lowest BCUT2D eigenvalue weighted by Crippen LogP contribution is -2.83. The smallest absolute Gasteiger partial charge is 0.251 e. The fourth-order valence-corrected chi connectivity index (χ4v) is 12.9. The third-order valence-corrected chi connectivity index (χ3v) is 15.2. The molecule has 0 radical (unpaired) electrons. The summed E-state index contributed by atoms with van der Waals surface area (Å²) in [6.07, 6.45) is 0. The average Bonchev–Trinajstić information content (AvgIpc) is 3.15. The van der Waals surface area contributed by atoms with Crippen LogP contribution in [-0.4, -0.2) is 14.8 Å². The number of nitrogens with zero attached hydrogens (tertiary/aromatic N) is 2. The van der Waals surface area contributed by atoms with Gasteiger partial charge in [0, 0.05) is 34.1 Å². The van der Waals surface area contributed by atoms with E-state index in [1.54, 1.807) is 0 Å². The second-order valence-electron chi connectivity index (χ2n) is 13.0. The van der Waals surface area contributed by atoms with Crippen molar-refractivity contribution in [1.82, 2.24) is 0 Å². The third-order valence-electron chi connectivity index (χ3n) is 10.7. The Labute approximate surface area is 277 Å². The number of hydrogen-bond acceptors (Lipinski definition) is 2. The molecule has 0 bridgehead atoms. The van der Waals surface area contributed by atoms with Crippen molar-refractivity contribution in [3.05, 3.63) is 170 Å². The summed E-state index contributed by atoms with van der Waals surface area (Å²) in [5.41, 5.74) is 14.3. The minimum Gasteiger partial charge on any atom is -0.311 e. The molecule has 0 spiro atoms. The summed E-state index contributed by atoms with van der Waals surface area (Å²) in [4.78, 5) is 5.05. The quantitative estimate of drug-likeness (QED) is 0.200. The van der Waals surface area contributed by atoms with Crippen LogP contribution in [0.3, 0.4) is 0 Å². The molecule has 0 aliphatic carbocycles. The number of benzene rings is 7. The van der Waals surface area contributed by atoms with E-state index in [4.69, 9.17) is 0 Å². The first kappa shape index (κ1) is 26.6. The minimum absolute atomic E-state index is 0.169. The maximum atomic E-state index is 2.58. The van der Waals surface area contributed by atoms with Crippen molar-refractivity contribution >= 4 is 80.9 Å². The summed E-state index contributed by atoms with van der Waals surface area (Å²) < 4.78 is 0. The van der Waals surface area contributed by atoms with Crippen molar-refractivity contribution in [2.24, 2.45) is 0 Å². The van der Waals surface area contributed by atoms with Gasteiger partial charge in [-0.05, 0) is 81.2 Å². The van der Waals surface area contributed by atoms with Gasteiger partial charge in [0.05, 0.1) is 0 Å². The normalized spacial score (nSPS) is 16.6. The summed E-state index contributed by atoms with van der Waals surface area (Å²) in [6, 6.07) is 63.1. The Kier molecular flexibility index (Phi) is 5.64. The van der Waals surface area contributed by atoms with Gasteiger partial charge in [-0.25, -0.2) is 0 Å². The predicted octanol–water partition coefficient (Wildman–Crippen LogP) is 6.85. The Morgan fingerprint density at radius 3 is 1.36 bits per heavy atom.